The second-order valence-corrected chi connectivity index (χ2v) is 6.75. The van der Waals surface area contributed by atoms with Gasteiger partial charge in [0.05, 0.1) is 11.4 Å². The number of rotatable bonds is 6. The zero-order valence-corrected chi connectivity index (χ0v) is 14.1. The van der Waals surface area contributed by atoms with E-state index in [4.69, 9.17) is 0 Å². The van der Waals surface area contributed by atoms with Gasteiger partial charge < -0.3 is 10.6 Å². The summed E-state index contributed by atoms with van der Waals surface area (Å²) < 4.78 is 39.2. The van der Waals surface area contributed by atoms with Crippen LogP contribution in [0.3, 0.4) is 0 Å². The fraction of sp³-hybridized carbons (Fsp3) is 0.125. The number of amides is 2. The summed E-state index contributed by atoms with van der Waals surface area (Å²) in [5.41, 5.74) is 0.829. The van der Waals surface area contributed by atoms with Crippen molar-refractivity contribution in [2.45, 2.75) is 4.90 Å². The van der Waals surface area contributed by atoms with E-state index in [9.17, 15) is 22.4 Å². The van der Waals surface area contributed by atoms with Crippen molar-refractivity contribution in [2.75, 3.05) is 18.9 Å². The van der Waals surface area contributed by atoms with Crippen molar-refractivity contribution >= 4 is 27.5 Å². The van der Waals surface area contributed by atoms with Gasteiger partial charge in [0, 0.05) is 18.3 Å². The second kappa shape index (κ2) is 7.86. The van der Waals surface area contributed by atoms with Gasteiger partial charge in [0.1, 0.15) is 5.82 Å². The van der Waals surface area contributed by atoms with E-state index in [0.717, 1.165) is 12.1 Å². The first-order valence-corrected chi connectivity index (χ1v) is 8.67. The van der Waals surface area contributed by atoms with Crippen LogP contribution in [0.15, 0.2) is 53.4 Å². The maximum Gasteiger partial charge on any atom is 0.251 e. The predicted octanol–water partition coefficient (Wildman–Crippen LogP) is 1.10. The van der Waals surface area contributed by atoms with E-state index < -0.39 is 28.3 Å². The van der Waals surface area contributed by atoms with E-state index >= 15 is 0 Å². The molecular weight excluding hydrogens is 349 g/mol. The lowest BCUT2D eigenvalue weighted by Crippen LogP contribution is -2.33. The molecule has 0 aliphatic carbocycles. The molecule has 7 nitrogen and oxygen atoms in total. The van der Waals surface area contributed by atoms with Gasteiger partial charge in [-0.25, -0.2) is 17.5 Å². The standard InChI is InChI=1S/C16H16FN3O4S/c1-18-16(22)11-5-7-13(8-6-11)20-15(21)10-19-25(23,24)14-4-2-3-12(17)9-14/h2-9,19H,10H2,1H3,(H,18,22)(H,20,21). The highest BCUT2D eigenvalue weighted by atomic mass is 32.2. The molecule has 0 aliphatic heterocycles. The van der Waals surface area contributed by atoms with Crippen molar-refractivity contribution in [1.82, 2.24) is 10.0 Å². The van der Waals surface area contributed by atoms with Crippen molar-refractivity contribution < 1.29 is 22.4 Å². The first-order chi connectivity index (χ1) is 11.8. The van der Waals surface area contributed by atoms with Gasteiger partial charge in [0.2, 0.25) is 15.9 Å². The number of hydrogen-bond acceptors (Lipinski definition) is 4. The summed E-state index contributed by atoms with van der Waals surface area (Å²) in [5.74, 6) is -1.56. The molecule has 2 amide bonds. The molecule has 0 fully saturated rings. The number of benzene rings is 2. The molecule has 0 atom stereocenters. The van der Waals surface area contributed by atoms with E-state index in [2.05, 4.69) is 15.4 Å². The van der Waals surface area contributed by atoms with Crippen LogP contribution in [0.1, 0.15) is 10.4 Å². The lowest BCUT2D eigenvalue weighted by atomic mass is 10.2. The van der Waals surface area contributed by atoms with Crippen LogP contribution >= 0.6 is 0 Å². The topological polar surface area (TPSA) is 104 Å². The highest BCUT2D eigenvalue weighted by molar-refractivity contribution is 7.89. The summed E-state index contributed by atoms with van der Waals surface area (Å²) in [7, 11) is -2.49. The summed E-state index contributed by atoms with van der Waals surface area (Å²) in [6.45, 7) is -0.518. The zero-order chi connectivity index (χ0) is 18.4. The average Bonchev–Trinajstić information content (AvgIpc) is 2.60. The molecule has 0 unspecified atom stereocenters. The molecule has 0 aliphatic rings. The number of halogens is 1. The van der Waals surface area contributed by atoms with Crippen LogP contribution in [0.4, 0.5) is 10.1 Å². The minimum absolute atomic E-state index is 0.263. The van der Waals surface area contributed by atoms with Gasteiger partial charge in [-0.3, -0.25) is 9.59 Å². The molecular formula is C16H16FN3O4S. The van der Waals surface area contributed by atoms with Crippen molar-refractivity contribution in [2.24, 2.45) is 0 Å². The van der Waals surface area contributed by atoms with Crippen LogP contribution in [0.25, 0.3) is 0 Å². The number of carbonyl (C=O) groups is 2. The summed E-state index contributed by atoms with van der Waals surface area (Å²) in [5, 5.41) is 4.96. The van der Waals surface area contributed by atoms with Crippen molar-refractivity contribution in [1.29, 1.82) is 0 Å². The van der Waals surface area contributed by atoms with Gasteiger partial charge in [-0.1, -0.05) is 6.07 Å². The third-order valence-electron chi connectivity index (χ3n) is 3.19. The largest absolute Gasteiger partial charge is 0.355 e. The van der Waals surface area contributed by atoms with Crippen LogP contribution in [0.5, 0.6) is 0 Å². The first-order valence-electron chi connectivity index (χ1n) is 7.19. The Kier molecular flexibility index (Phi) is 5.84. The summed E-state index contributed by atoms with van der Waals surface area (Å²) in [4.78, 5) is 23.0. The molecule has 2 aromatic carbocycles. The van der Waals surface area contributed by atoms with E-state index in [0.29, 0.717) is 11.3 Å². The van der Waals surface area contributed by atoms with Gasteiger partial charge in [0.15, 0.2) is 0 Å². The Balaban J connectivity index is 1.95. The van der Waals surface area contributed by atoms with Crippen molar-refractivity contribution in [3.8, 4) is 0 Å². The Morgan fingerprint density at radius 3 is 2.36 bits per heavy atom. The lowest BCUT2D eigenvalue weighted by Gasteiger charge is -2.08. The Hall–Kier alpha value is -2.78. The molecule has 0 radical (unpaired) electrons. The van der Waals surface area contributed by atoms with E-state index in [1.165, 1.54) is 43.4 Å². The van der Waals surface area contributed by atoms with Crippen LogP contribution in [0.2, 0.25) is 0 Å². The van der Waals surface area contributed by atoms with Crippen LogP contribution in [0, 0.1) is 5.82 Å². The lowest BCUT2D eigenvalue weighted by molar-refractivity contribution is -0.115. The number of nitrogens with one attached hydrogen (secondary N) is 3. The molecule has 9 heteroatoms. The maximum atomic E-state index is 13.1. The average molecular weight is 365 g/mol. The molecule has 0 bridgehead atoms. The summed E-state index contributed by atoms with van der Waals surface area (Å²) in [6.07, 6.45) is 0. The number of hydrogen-bond donors (Lipinski definition) is 3. The predicted molar refractivity (Wildman–Crippen MR) is 90.1 cm³/mol. The molecule has 3 N–H and O–H groups in total. The second-order valence-electron chi connectivity index (χ2n) is 4.99. The van der Waals surface area contributed by atoms with Gasteiger partial charge in [-0.15, -0.1) is 0 Å². The van der Waals surface area contributed by atoms with Crippen molar-refractivity contribution in [3.05, 3.63) is 59.9 Å². The van der Waals surface area contributed by atoms with E-state index in [1.54, 1.807) is 0 Å². The number of carbonyl (C=O) groups excluding carboxylic acids is 2. The molecule has 132 valence electrons. The minimum atomic E-state index is -4.00. The Morgan fingerprint density at radius 2 is 1.76 bits per heavy atom. The summed E-state index contributed by atoms with van der Waals surface area (Å²) >= 11 is 0. The number of sulfonamides is 1. The molecule has 2 rings (SSSR count). The van der Waals surface area contributed by atoms with Gasteiger partial charge in [-0.05, 0) is 42.5 Å². The third kappa shape index (κ3) is 5.10. The molecule has 25 heavy (non-hydrogen) atoms. The zero-order valence-electron chi connectivity index (χ0n) is 13.2. The van der Waals surface area contributed by atoms with Crippen molar-refractivity contribution in [3.63, 3.8) is 0 Å². The smallest absolute Gasteiger partial charge is 0.251 e. The van der Waals surface area contributed by atoms with Crippen LogP contribution in [-0.4, -0.2) is 33.8 Å². The summed E-state index contributed by atoms with van der Waals surface area (Å²) in [6, 6.07) is 10.5. The van der Waals surface area contributed by atoms with Gasteiger partial charge >= 0.3 is 0 Å². The Labute approximate surface area is 144 Å². The monoisotopic (exact) mass is 365 g/mol. The SMILES string of the molecule is CNC(=O)c1ccc(NC(=O)CNS(=O)(=O)c2cccc(F)c2)cc1. The fourth-order valence-corrected chi connectivity index (χ4v) is 2.95. The highest BCUT2D eigenvalue weighted by Crippen LogP contribution is 2.11. The number of anilines is 1. The van der Waals surface area contributed by atoms with Gasteiger partial charge in [-0.2, -0.15) is 0 Å². The van der Waals surface area contributed by atoms with Crippen LogP contribution < -0.4 is 15.4 Å². The maximum absolute atomic E-state index is 13.1. The molecule has 0 heterocycles. The Morgan fingerprint density at radius 1 is 1.08 bits per heavy atom. The van der Waals surface area contributed by atoms with Crippen LogP contribution in [-0.2, 0) is 14.8 Å². The normalized spacial score (nSPS) is 11.0. The van der Waals surface area contributed by atoms with E-state index in [1.807, 2.05) is 0 Å². The third-order valence-corrected chi connectivity index (χ3v) is 4.59. The van der Waals surface area contributed by atoms with E-state index in [-0.39, 0.29) is 10.8 Å². The van der Waals surface area contributed by atoms with Gasteiger partial charge in [0.25, 0.3) is 5.91 Å². The molecule has 0 saturated carbocycles. The highest BCUT2D eigenvalue weighted by Gasteiger charge is 2.16. The molecule has 0 saturated heterocycles. The fourth-order valence-electron chi connectivity index (χ4n) is 1.93. The first kappa shape index (κ1) is 18.6. The minimum Gasteiger partial charge on any atom is -0.355 e. The molecule has 2 aromatic rings. The quantitative estimate of drug-likeness (QED) is 0.713. The molecule has 0 aromatic heterocycles. The Bertz CT molecular complexity index is 883. The molecule has 0 spiro atoms.